The molecule has 3 fully saturated rings. The summed E-state index contributed by atoms with van der Waals surface area (Å²) in [4.78, 5) is 31.6. The van der Waals surface area contributed by atoms with Gasteiger partial charge in [-0.3, -0.25) is 9.59 Å². The zero-order valence-corrected chi connectivity index (χ0v) is 12.3. The summed E-state index contributed by atoms with van der Waals surface area (Å²) in [5, 5.41) is 6.89. The molecule has 0 aromatic carbocycles. The number of carbonyl (C=O) groups excluding carboxylic acids is 2. The first-order valence-corrected chi connectivity index (χ1v) is 8.09. The quantitative estimate of drug-likeness (QED) is 0.830. The average Bonchev–Trinajstić information content (AvgIpc) is 2.98. The summed E-state index contributed by atoms with van der Waals surface area (Å²) < 4.78 is 12.9. The third-order valence-electron chi connectivity index (χ3n) is 5.32. The number of rotatable bonds is 3. The first kappa shape index (κ1) is 14.0. The molecule has 2 aliphatic heterocycles. The lowest BCUT2D eigenvalue weighted by molar-refractivity contribution is -0.140. The zero-order chi connectivity index (χ0) is 15.3. The molecule has 4 aliphatic rings. The highest BCUT2D eigenvalue weighted by atomic mass is 19.1. The van der Waals surface area contributed by atoms with Crippen molar-refractivity contribution in [3.8, 4) is 0 Å². The number of amides is 2. The van der Waals surface area contributed by atoms with Crippen LogP contribution in [0, 0.1) is 11.8 Å². The van der Waals surface area contributed by atoms with Crippen LogP contribution < -0.4 is 5.32 Å². The van der Waals surface area contributed by atoms with Crippen LogP contribution in [0.1, 0.15) is 32.1 Å². The molecule has 2 atom stereocenters. The number of fused-ring (bicyclic) bond motifs is 1. The topological polar surface area (TPSA) is 71.0 Å². The van der Waals surface area contributed by atoms with Gasteiger partial charge in [-0.2, -0.15) is 0 Å². The van der Waals surface area contributed by atoms with Gasteiger partial charge in [-0.25, -0.2) is 4.39 Å². The number of carbonyl (C=O) groups is 2. The molecule has 0 aromatic rings. The van der Waals surface area contributed by atoms with Crippen LogP contribution in [-0.2, 0) is 14.4 Å². The molecule has 2 heterocycles. The van der Waals surface area contributed by atoms with E-state index >= 15 is 0 Å². The monoisotopic (exact) mass is 309 g/mol. The predicted octanol–water partition coefficient (Wildman–Crippen LogP) is 0.616. The highest BCUT2D eigenvalue weighted by molar-refractivity contribution is 6.40. The highest BCUT2D eigenvalue weighted by Crippen LogP contribution is 2.35. The Morgan fingerprint density at radius 1 is 1.27 bits per heavy atom. The number of hydrogen-bond donors (Lipinski definition) is 1. The van der Waals surface area contributed by atoms with Gasteiger partial charge in [0.1, 0.15) is 6.17 Å². The van der Waals surface area contributed by atoms with Crippen LogP contribution in [0.25, 0.3) is 0 Å². The van der Waals surface area contributed by atoms with Gasteiger partial charge in [0, 0.05) is 18.5 Å². The molecule has 2 saturated carbocycles. The maximum absolute atomic E-state index is 12.9. The van der Waals surface area contributed by atoms with Crippen molar-refractivity contribution in [3.05, 3.63) is 0 Å². The van der Waals surface area contributed by atoms with E-state index in [-0.39, 0.29) is 35.8 Å². The SMILES string of the molecule is O=C(NC1CCC1)C1=NO[C@@H]2CN(C(=O)C3CC(F)C3)C[C@H]12. The highest BCUT2D eigenvalue weighted by Gasteiger charge is 2.48. The van der Waals surface area contributed by atoms with Crippen molar-refractivity contribution in [2.75, 3.05) is 13.1 Å². The molecule has 0 unspecified atom stereocenters. The van der Waals surface area contributed by atoms with Gasteiger partial charge in [-0.05, 0) is 32.1 Å². The summed E-state index contributed by atoms with van der Waals surface area (Å²) in [6.45, 7) is 0.897. The minimum Gasteiger partial charge on any atom is -0.389 e. The minimum absolute atomic E-state index is 0.00866. The fourth-order valence-electron chi connectivity index (χ4n) is 3.55. The Hall–Kier alpha value is -1.66. The predicted molar refractivity (Wildman–Crippen MR) is 75.8 cm³/mol. The molecule has 0 radical (unpaired) electrons. The van der Waals surface area contributed by atoms with Crippen molar-refractivity contribution < 1.29 is 18.8 Å². The fourth-order valence-corrected chi connectivity index (χ4v) is 3.55. The van der Waals surface area contributed by atoms with E-state index in [9.17, 15) is 14.0 Å². The molecule has 2 aliphatic carbocycles. The second-order valence-corrected chi connectivity index (χ2v) is 6.84. The molecule has 0 aromatic heterocycles. The van der Waals surface area contributed by atoms with E-state index in [1.807, 2.05) is 0 Å². The van der Waals surface area contributed by atoms with E-state index in [4.69, 9.17) is 4.84 Å². The maximum atomic E-state index is 12.9. The first-order valence-electron chi connectivity index (χ1n) is 8.09. The van der Waals surface area contributed by atoms with Crippen LogP contribution >= 0.6 is 0 Å². The molecule has 1 saturated heterocycles. The Morgan fingerprint density at radius 2 is 2.05 bits per heavy atom. The Kier molecular flexibility index (Phi) is 3.31. The second-order valence-electron chi connectivity index (χ2n) is 6.84. The standard InChI is InChI=1S/C15H20FN3O3/c16-9-4-8(5-9)15(21)19-6-11-12(7-19)22-18-13(11)14(20)17-10-2-1-3-10/h8-12H,1-7H2,(H,17,20)/t8?,9?,11-,12+/m0/s1. The molecule has 6 nitrogen and oxygen atoms in total. The summed E-state index contributed by atoms with van der Waals surface area (Å²) in [7, 11) is 0. The number of hydrogen-bond acceptors (Lipinski definition) is 4. The number of halogens is 1. The first-order chi connectivity index (χ1) is 10.6. The Morgan fingerprint density at radius 3 is 2.68 bits per heavy atom. The fraction of sp³-hybridized carbons (Fsp3) is 0.800. The van der Waals surface area contributed by atoms with Gasteiger partial charge in [-0.1, -0.05) is 5.16 Å². The van der Waals surface area contributed by atoms with Crippen LogP contribution in [0.15, 0.2) is 5.16 Å². The Labute approximate surface area is 128 Å². The van der Waals surface area contributed by atoms with Crippen LogP contribution in [0.5, 0.6) is 0 Å². The summed E-state index contributed by atoms with van der Waals surface area (Å²) in [5.74, 6) is -0.520. The minimum atomic E-state index is -0.835. The van der Waals surface area contributed by atoms with E-state index in [0.29, 0.717) is 31.6 Å². The van der Waals surface area contributed by atoms with Crippen LogP contribution in [0.4, 0.5) is 4.39 Å². The van der Waals surface area contributed by atoms with E-state index in [1.54, 1.807) is 4.90 Å². The molecule has 7 heteroatoms. The van der Waals surface area contributed by atoms with Crippen LogP contribution in [-0.4, -0.2) is 53.8 Å². The van der Waals surface area contributed by atoms with Gasteiger partial charge in [0.25, 0.3) is 5.91 Å². The van der Waals surface area contributed by atoms with Crippen molar-refractivity contribution in [3.63, 3.8) is 0 Å². The number of nitrogens with one attached hydrogen (secondary N) is 1. The van der Waals surface area contributed by atoms with E-state index < -0.39 is 6.17 Å². The zero-order valence-electron chi connectivity index (χ0n) is 12.3. The summed E-state index contributed by atoms with van der Waals surface area (Å²) in [5.41, 5.74) is 0.407. The normalized spacial score (nSPS) is 36.8. The molecule has 120 valence electrons. The van der Waals surface area contributed by atoms with Gasteiger partial charge in [0.05, 0.1) is 12.5 Å². The summed E-state index contributed by atoms with van der Waals surface area (Å²) in [6.07, 6.45) is 2.78. The molecule has 1 N–H and O–H groups in total. The largest absolute Gasteiger partial charge is 0.389 e. The van der Waals surface area contributed by atoms with Gasteiger partial charge in [0.15, 0.2) is 11.8 Å². The van der Waals surface area contributed by atoms with E-state index in [2.05, 4.69) is 10.5 Å². The molecule has 2 amide bonds. The van der Waals surface area contributed by atoms with E-state index in [1.165, 1.54) is 0 Å². The maximum Gasteiger partial charge on any atom is 0.269 e. The molecule has 22 heavy (non-hydrogen) atoms. The number of likely N-dealkylation sites (tertiary alicyclic amines) is 1. The van der Waals surface area contributed by atoms with Crippen molar-refractivity contribution >= 4 is 17.5 Å². The lowest BCUT2D eigenvalue weighted by Crippen LogP contribution is -2.45. The molecular formula is C15H20FN3O3. The van der Waals surface area contributed by atoms with Crippen molar-refractivity contribution in [2.45, 2.75) is 50.4 Å². The summed E-state index contributed by atoms with van der Waals surface area (Å²) >= 11 is 0. The third-order valence-corrected chi connectivity index (χ3v) is 5.32. The molecular weight excluding hydrogens is 289 g/mol. The summed E-state index contributed by atoms with van der Waals surface area (Å²) in [6, 6.07) is 0.254. The Bertz CT molecular complexity index is 528. The van der Waals surface area contributed by atoms with Gasteiger partial charge >= 0.3 is 0 Å². The third kappa shape index (κ3) is 2.27. The van der Waals surface area contributed by atoms with Crippen molar-refractivity contribution in [1.29, 1.82) is 0 Å². The average molecular weight is 309 g/mol. The molecule has 4 rings (SSSR count). The Balaban J connectivity index is 1.36. The van der Waals surface area contributed by atoms with Crippen LogP contribution in [0.3, 0.4) is 0 Å². The molecule has 0 spiro atoms. The number of oxime groups is 1. The van der Waals surface area contributed by atoms with Crippen molar-refractivity contribution in [2.24, 2.45) is 17.0 Å². The lowest BCUT2D eigenvalue weighted by atomic mass is 9.82. The van der Waals surface area contributed by atoms with Gasteiger partial charge in [0.2, 0.25) is 5.91 Å². The van der Waals surface area contributed by atoms with Crippen molar-refractivity contribution in [1.82, 2.24) is 10.2 Å². The number of nitrogens with zero attached hydrogens (tertiary/aromatic N) is 2. The number of alkyl halides is 1. The van der Waals surface area contributed by atoms with Gasteiger partial charge < -0.3 is 15.1 Å². The smallest absolute Gasteiger partial charge is 0.269 e. The van der Waals surface area contributed by atoms with Gasteiger partial charge in [-0.15, -0.1) is 0 Å². The second kappa shape index (κ2) is 5.21. The lowest BCUT2D eigenvalue weighted by Gasteiger charge is -2.32. The van der Waals surface area contributed by atoms with E-state index in [0.717, 1.165) is 19.3 Å². The van der Waals surface area contributed by atoms with Crippen LogP contribution in [0.2, 0.25) is 0 Å². The molecule has 0 bridgehead atoms.